The van der Waals surface area contributed by atoms with Crippen LogP contribution in [0.3, 0.4) is 0 Å². The Hall–Kier alpha value is -2.05. The second-order valence-corrected chi connectivity index (χ2v) is 18.0. The maximum Gasteiger partial charge on any atom is 0.409 e. The number of carbonyl (C=O) groups is 2. The number of amides is 2. The smallest absolute Gasteiger partial charge is 0.409 e. The molecule has 2 spiro atoms. The van der Waals surface area contributed by atoms with Crippen molar-refractivity contribution in [3.8, 4) is 0 Å². The molecule has 2 amide bonds. The van der Waals surface area contributed by atoms with Crippen molar-refractivity contribution in [3.05, 3.63) is 11.6 Å². The minimum Gasteiger partial charge on any atom is -0.443 e. The summed E-state index contributed by atoms with van der Waals surface area (Å²) in [6, 6.07) is -0.335. The zero-order chi connectivity index (χ0) is 36.2. The molecule has 7 aliphatic rings. The van der Waals surface area contributed by atoms with Crippen molar-refractivity contribution in [1.82, 2.24) is 15.1 Å². The summed E-state index contributed by atoms with van der Waals surface area (Å²) in [5.74, 6) is 0.993. The van der Waals surface area contributed by atoms with Crippen LogP contribution in [-0.2, 0) is 14.2 Å². The Morgan fingerprint density at radius 3 is 2.44 bits per heavy atom. The first-order chi connectivity index (χ1) is 23.4. The number of carbonyl (C=O) groups excluding carboxylic acids is 2. The fourth-order valence-corrected chi connectivity index (χ4v) is 13.0. The third-order valence-corrected chi connectivity index (χ3v) is 15.4. The second kappa shape index (κ2) is 12.3. The van der Waals surface area contributed by atoms with Crippen molar-refractivity contribution in [3.63, 3.8) is 0 Å². The van der Waals surface area contributed by atoms with E-state index in [1.807, 2.05) is 6.92 Å². The van der Waals surface area contributed by atoms with Crippen molar-refractivity contribution in [2.24, 2.45) is 45.3 Å². The largest absolute Gasteiger partial charge is 0.443 e. The molecule has 12 atom stereocenters. The quantitative estimate of drug-likeness (QED) is 0.303. The van der Waals surface area contributed by atoms with Gasteiger partial charge in [0.25, 0.3) is 0 Å². The number of nitrogens with zero attached hydrogens (tertiary/aromatic N) is 2. The third kappa shape index (κ3) is 5.33. The van der Waals surface area contributed by atoms with Gasteiger partial charge in [-0.1, -0.05) is 33.8 Å². The lowest BCUT2D eigenvalue weighted by Crippen LogP contribution is -2.61. The van der Waals surface area contributed by atoms with E-state index in [2.05, 4.69) is 39.1 Å². The van der Waals surface area contributed by atoms with Gasteiger partial charge in [-0.2, -0.15) is 13.2 Å². The Morgan fingerprint density at radius 1 is 1.08 bits per heavy atom. The highest BCUT2D eigenvalue weighted by molar-refractivity contribution is 5.68. The molecule has 2 N–H and O–H groups in total. The number of rotatable bonds is 6. The van der Waals surface area contributed by atoms with Gasteiger partial charge in [0, 0.05) is 32.6 Å². The zero-order valence-electron chi connectivity index (χ0n) is 30.9. The first kappa shape index (κ1) is 36.3. The van der Waals surface area contributed by atoms with E-state index in [0.29, 0.717) is 11.8 Å². The predicted molar refractivity (Wildman–Crippen MR) is 180 cm³/mol. The van der Waals surface area contributed by atoms with Crippen LogP contribution in [0.1, 0.15) is 92.4 Å². The lowest BCUT2D eigenvalue weighted by atomic mass is 9.43. The number of fused-ring (bicyclic) bond motifs is 4. The van der Waals surface area contributed by atoms with Crippen LogP contribution in [0.2, 0.25) is 0 Å². The number of aliphatic hydroxyl groups is 1. The van der Waals surface area contributed by atoms with Gasteiger partial charge in [-0.3, -0.25) is 4.90 Å². The van der Waals surface area contributed by atoms with E-state index < -0.39 is 24.9 Å². The molecule has 5 aliphatic carbocycles. The van der Waals surface area contributed by atoms with Gasteiger partial charge >= 0.3 is 18.4 Å². The summed E-state index contributed by atoms with van der Waals surface area (Å²) in [5.41, 5.74) is 1.07. The summed E-state index contributed by atoms with van der Waals surface area (Å²) in [4.78, 5) is 28.2. The van der Waals surface area contributed by atoms with E-state index in [4.69, 9.17) is 14.2 Å². The molecule has 5 saturated carbocycles. The Labute approximate surface area is 295 Å². The number of likely N-dealkylation sites (tertiary alicyclic amines) is 1. The van der Waals surface area contributed by atoms with Crippen molar-refractivity contribution in [2.75, 3.05) is 33.7 Å². The van der Waals surface area contributed by atoms with Crippen molar-refractivity contribution < 1.29 is 42.1 Å². The van der Waals surface area contributed by atoms with E-state index in [-0.39, 0.29) is 83.1 Å². The van der Waals surface area contributed by atoms with Gasteiger partial charge in [-0.15, -0.1) is 0 Å². The van der Waals surface area contributed by atoms with E-state index in [1.54, 1.807) is 14.1 Å². The molecule has 8 unspecified atom stereocenters. The minimum atomic E-state index is -4.25. The Bertz CT molecular complexity index is 1390. The standard InChI is InChI=1S/C38H58F3N3O6/c1-8-23-24-10-12-28-35(5)31(45)30-25(9-11-27(48-30)29(21(2)3)50-33(47)43(6)7)34(35,4)15-16-37(28)19-36(24,37)14-13-26(23)49-32(46)42-22-17-44(18-22)20-38(39,40)41/h8,21-22,24-31,45H,9-20H2,1-7H3,(H,42,46)/b23-8+/t24-,25-,26?,27?,28?,29?,30?,31-,34?,35+,36?,37?/m0/s1. The maximum atomic E-state index is 12.9. The Kier molecular flexibility index (Phi) is 8.90. The number of nitrogens with one attached hydrogen (secondary N) is 1. The van der Waals surface area contributed by atoms with Gasteiger partial charge in [-0.25, -0.2) is 9.59 Å². The Morgan fingerprint density at radius 2 is 1.80 bits per heavy atom. The topological polar surface area (TPSA) is 101 Å². The van der Waals surface area contributed by atoms with Crippen LogP contribution in [-0.4, -0.2) is 104 Å². The van der Waals surface area contributed by atoms with Gasteiger partial charge in [0.1, 0.15) is 12.2 Å². The van der Waals surface area contributed by atoms with Gasteiger partial charge < -0.3 is 29.5 Å². The monoisotopic (exact) mass is 709 g/mol. The van der Waals surface area contributed by atoms with E-state index in [0.717, 1.165) is 57.8 Å². The average molecular weight is 710 g/mol. The number of ether oxygens (including phenoxy) is 3. The van der Waals surface area contributed by atoms with Crippen LogP contribution in [0, 0.1) is 45.3 Å². The molecule has 12 heteroatoms. The van der Waals surface area contributed by atoms with Gasteiger partial charge in [0.05, 0.1) is 30.9 Å². The number of halogens is 3. The average Bonchev–Trinajstić information content (AvgIpc) is 3.66. The summed E-state index contributed by atoms with van der Waals surface area (Å²) < 4.78 is 56.9. The van der Waals surface area contributed by atoms with Crippen molar-refractivity contribution >= 4 is 12.2 Å². The highest BCUT2D eigenvalue weighted by Crippen LogP contribution is 2.88. The van der Waals surface area contributed by atoms with Gasteiger partial charge in [-0.05, 0) is 110 Å². The number of alkyl halides is 3. The van der Waals surface area contributed by atoms with E-state index in [1.165, 1.54) is 15.4 Å². The molecule has 0 bridgehead atoms. The first-order valence-electron chi connectivity index (χ1n) is 19.0. The molecule has 7 fully saturated rings. The molecular weight excluding hydrogens is 651 g/mol. The summed E-state index contributed by atoms with van der Waals surface area (Å²) in [5, 5.41) is 15.2. The molecule has 282 valence electrons. The van der Waals surface area contributed by atoms with Gasteiger partial charge in [0.15, 0.2) is 0 Å². The van der Waals surface area contributed by atoms with Crippen LogP contribution in [0.4, 0.5) is 22.8 Å². The van der Waals surface area contributed by atoms with Crippen molar-refractivity contribution in [2.45, 2.75) is 135 Å². The van der Waals surface area contributed by atoms with Crippen LogP contribution in [0.5, 0.6) is 0 Å². The van der Waals surface area contributed by atoms with E-state index in [9.17, 15) is 27.9 Å². The normalized spacial score (nSPS) is 45.3. The summed E-state index contributed by atoms with van der Waals surface area (Å²) in [6.45, 7) is 10.3. The molecule has 2 aliphatic heterocycles. The number of alkyl carbamates (subject to hydrolysis) is 1. The molecule has 0 radical (unpaired) electrons. The number of hydrogen-bond donors (Lipinski definition) is 2. The lowest BCUT2D eigenvalue weighted by Gasteiger charge is -2.61. The summed E-state index contributed by atoms with van der Waals surface area (Å²) in [6.07, 6.45) is 3.83. The van der Waals surface area contributed by atoms with Crippen LogP contribution in [0.15, 0.2) is 11.6 Å². The fraction of sp³-hybridized carbons (Fsp3) is 0.895. The molecular formula is C38H58F3N3O6. The third-order valence-electron chi connectivity index (χ3n) is 15.4. The zero-order valence-corrected chi connectivity index (χ0v) is 30.9. The molecule has 0 aromatic heterocycles. The SMILES string of the molecule is C/C=C1/C(OC(=O)NC2CN(CC(F)(F)F)C2)CCC23CC24CCC2(C)[C@H]5CCC(C(OC(=O)N(C)C)C(C)C)OC5[C@H](O)[C@@]2(C)C4CC[C@@H]13. The highest BCUT2D eigenvalue weighted by Gasteiger charge is 2.83. The molecule has 2 heterocycles. The molecule has 2 saturated heterocycles. The van der Waals surface area contributed by atoms with Crippen molar-refractivity contribution in [1.29, 1.82) is 0 Å². The first-order valence-corrected chi connectivity index (χ1v) is 19.0. The predicted octanol–water partition coefficient (Wildman–Crippen LogP) is 6.54. The van der Waals surface area contributed by atoms with Gasteiger partial charge in [0.2, 0.25) is 0 Å². The number of aliphatic hydroxyl groups excluding tert-OH is 1. The number of allylic oxidation sites excluding steroid dienone is 1. The lowest BCUT2D eigenvalue weighted by molar-refractivity contribution is -0.172. The van der Waals surface area contributed by atoms with Crippen LogP contribution in [0.25, 0.3) is 0 Å². The molecule has 0 aromatic rings. The van der Waals surface area contributed by atoms with Crippen LogP contribution >= 0.6 is 0 Å². The molecule has 0 aromatic carbocycles. The van der Waals surface area contributed by atoms with E-state index >= 15 is 0 Å². The van der Waals surface area contributed by atoms with Crippen LogP contribution < -0.4 is 5.32 Å². The molecule has 50 heavy (non-hydrogen) atoms. The maximum absolute atomic E-state index is 12.9. The number of hydrogen-bond acceptors (Lipinski definition) is 7. The minimum absolute atomic E-state index is 0.0682. The second-order valence-electron chi connectivity index (χ2n) is 18.0. The highest BCUT2D eigenvalue weighted by atomic mass is 19.4. The fourth-order valence-electron chi connectivity index (χ4n) is 13.0. The summed E-state index contributed by atoms with van der Waals surface area (Å²) in [7, 11) is 3.37. The summed E-state index contributed by atoms with van der Waals surface area (Å²) >= 11 is 0. The molecule has 9 nitrogen and oxygen atoms in total. The molecule has 7 rings (SSSR count). The Balaban J connectivity index is 1.04.